The molecule has 2 atom stereocenters. The molecule has 0 bridgehead atoms. The van der Waals surface area contributed by atoms with Gasteiger partial charge in [0.1, 0.15) is 5.78 Å². The number of hydrogen-bond acceptors (Lipinski definition) is 5. The van der Waals surface area contributed by atoms with E-state index in [2.05, 4.69) is 28.1 Å². The van der Waals surface area contributed by atoms with Crippen molar-refractivity contribution in [1.82, 2.24) is 0 Å². The van der Waals surface area contributed by atoms with Crippen LogP contribution in [0.5, 0.6) is 0 Å². The highest BCUT2D eigenvalue weighted by molar-refractivity contribution is 7.40. The van der Waals surface area contributed by atoms with Crippen molar-refractivity contribution < 1.29 is 28.0 Å². The summed E-state index contributed by atoms with van der Waals surface area (Å²) in [6.45, 7) is 7.28. The molecule has 37 heavy (non-hydrogen) atoms. The van der Waals surface area contributed by atoms with Gasteiger partial charge < -0.3 is 23.2 Å². The van der Waals surface area contributed by atoms with Gasteiger partial charge in [-0.25, -0.2) is 0 Å². The van der Waals surface area contributed by atoms with E-state index in [1.807, 2.05) is 6.92 Å². The highest BCUT2D eigenvalue weighted by Crippen LogP contribution is 2.34. The second-order valence-corrected chi connectivity index (χ2v) is 12.8. The van der Waals surface area contributed by atoms with Crippen molar-refractivity contribution in [3.63, 3.8) is 0 Å². The zero-order chi connectivity index (χ0) is 27.6. The Hall–Kier alpha value is -0.100. The van der Waals surface area contributed by atoms with Crippen molar-refractivity contribution in [2.45, 2.75) is 129 Å². The fraction of sp³-hybridized carbons (Fsp3) is 0.967. The molecule has 0 saturated carbocycles. The average Bonchev–Trinajstić information content (AvgIpc) is 2.84. The number of carbonyl (C=O) groups is 1. The monoisotopic (exact) mass is 548 g/mol. The Labute approximate surface area is 231 Å². The lowest BCUT2D eigenvalue weighted by atomic mass is 10.0. The van der Waals surface area contributed by atoms with Gasteiger partial charge in [0.25, 0.3) is 0 Å². The molecule has 0 fully saturated rings. The molecule has 6 nitrogen and oxygen atoms in total. The van der Waals surface area contributed by atoms with E-state index in [1.165, 1.54) is 83.5 Å². The van der Waals surface area contributed by atoms with Crippen LogP contribution in [0, 0.1) is 5.92 Å². The average molecular weight is 549 g/mol. The maximum atomic E-state index is 12.2. The van der Waals surface area contributed by atoms with Crippen LogP contribution in [0.2, 0.25) is 0 Å². The number of unbranched alkanes of at least 4 members (excludes halogenated alkanes) is 13. The zero-order valence-electron chi connectivity index (χ0n) is 25.3. The number of Topliss-reactive ketones (excluding diaryl/α,β-unsaturated/α-hetero) is 1. The molecule has 2 unspecified atom stereocenters. The van der Waals surface area contributed by atoms with E-state index in [0.717, 1.165) is 36.9 Å². The predicted molar refractivity (Wildman–Crippen MR) is 158 cm³/mol. The second kappa shape index (κ2) is 26.1. The molecule has 7 heteroatoms. The highest BCUT2D eigenvalue weighted by atomic mass is 31.2. The van der Waals surface area contributed by atoms with E-state index in [-0.39, 0.29) is 11.7 Å². The van der Waals surface area contributed by atoms with Crippen molar-refractivity contribution >= 4 is 14.4 Å². The Bertz CT molecular complexity index is 501. The van der Waals surface area contributed by atoms with Crippen LogP contribution < -0.4 is 0 Å². The summed E-state index contributed by atoms with van der Waals surface area (Å²) in [6, 6.07) is 0. The Morgan fingerprint density at radius 2 is 1.24 bits per heavy atom. The van der Waals surface area contributed by atoms with Crippen molar-refractivity contribution in [3.8, 4) is 0 Å². The van der Waals surface area contributed by atoms with E-state index in [4.69, 9.17) is 13.8 Å². The number of rotatable bonds is 29. The number of nitrogens with zero attached hydrogens (tertiary/aromatic N) is 1. The first-order valence-corrected chi connectivity index (χ1v) is 16.6. The molecular formula is C30H63NO5P+. The van der Waals surface area contributed by atoms with E-state index in [1.54, 1.807) is 0 Å². The number of ketones is 1. The first-order chi connectivity index (χ1) is 17.8. The Kier molecular flexibility index (Phi) is 26.1. The summed E-state index contributed by atoms with van der Waals surface area (Å²) in [5.41, 5.74) is 0. The number of ether oxygens (including phenoxy) is 1. The minimum Gasteiger partial charge on any atom is -0.381 e. The number of hydrogen-bond donors (Lipinski definition) is 1. The lowest BCUT2D eigenvalue weighted by Crippen LogP contribution is -2.35. The summed E-state index contributed by atoms with van der Waals surface area (Å²) in [6.07, 6.45) is 21.6. The van der Waals surface area contributed by atoms with Gasteiger partial charge in [-0.1, -0.05) is 97.3 Å². The largest absolute Gasteiger partial charge is 0.381 e. The van der Waals surface area contributed by atoms with Gasteiger partial charge in [-0.3, -0.25) is 4.79 Å². The van der Waals surface area contributed by atoms with E-state index >= 15 is 0 Å². The molecule has 0 aliphatic heterocycles. The van der Waals surface area contributed by atoms with Crippen LogP contribution in [0.4, 0.5) is 0 Å². The predicted octanol–water partition coefficient (Wildman–Crippen LogP) is 8.21. The first-order valence-electron chi connectivity index (χ1n) is 15.4. The van der Waals surface area contributed by atoms with Crippen LogP contribution in [0.15, 0.2) is 0 Å². The minimum absolute atomic E-state index is 0.0299. The van der Waals surface area contributed by atoms with Crippen LogP contribution in [-0.2, 0) is 18.6 Å². The molecule has 0 aromatic rings. The summed E-state index contributed by atoms with van der Waals surface area (Å²) < 4.78 is 17.8. The normalized spacial score (nSPS) is 13.7. The molecule has 0 aromatic heterocycles. The molecule has 0 amide bonds. The molecule has 0 aliphatic carbocycles. The lowest BCUT2D eigenvalue weighted by molar-refractivity contribution is -0.870. The van der Waals surface area contributed by atoms with Gasteiger partial charge in [-0.15, -0.1) is 0 Å². The standard InChI is InChI=1S/C30H63NO5P/c1-6-8-9-10-11-12-13-14-15-16-17-18-19-20-24-34-27-29(26-30(32)22-7-2)28-36-37(33)35-25-21-23-31(3,4)5/h29,33H,6-28H2,1-5H3/q+1. The first kappa shape index (κ1) is 36.9. The fourth-order valence-corrected chi connectivity index (χ4v) is 5.10. The van der Waals surface area contributed by atoms with Gasteiger partial charge in [0.15, 0.2) is 0 Å². The molecule has 0 aromatic carbocycles. The van der Waals surface area contributed by atoms with E-state index in [9.17, 15) is 9.69 Å². The molecular weight excluding hydrogens is 485 g/mol. The zero-order valence-corrected chi connectivity index (χ0v) is 26.2. The lowest BCUT2D eigenvalue weighted by Gasteiger charge is -2.24. The molecule has 0 rings (SSSR count). The third-order valence-electron chi connectivity index (χ3n) is 6.64. The van der Waals surface area contributed by atoms with Gasteiger partial charge in [0, 0.05) is 31.8 Å². The van der Waals surface area contributed by atoms with Gasteiger partial charge in [0.05, 0.1) is 47.5 Å². The second-order valence-electron chi connectivity index (χ2n) is 11.8. The van der Waals surface area contributed by atoms with Crippen molar-refractivity contribution in [2.24, 2.45) is 5.92 Å². The summed E-state index contributed by atoms with van der Waals surface area (Å²) in [5.74, 6) is 0.208. The van der Waals surface area contributed by atoms with Crippen LogP contribution in [0.3, 0.4) is 0 Å². The van der Waals surface area contributed by atoms with E-state index in [0.29, 0.717) is 32.7 Å². The molecule has 0 aliphatic rings. The highest BCUT2D eigenvalue weighted by Gasteiger charge is 2.18. The molecule has 0 saturated heterocycles. The number of quaternary nitrogens is 1. The van der Waals surface area contributed by atoms with Gasteiger partial charge in [-0.2, -0.15) is 0 Å². The van der Waals surface area contributed by atoms with Crippen LogP contribution >= 0.6 is 8.60 Å². The smallest absolute Gasteiger partial charge is 0.329 e. The van der Waals surface area contributed by atoms with Gasteiger partial charge in [-0.05, 0) is 12.8 Å². The topological polar surface area (TPSA) is 65.0 Å². The summed E-state index contributed by atoms with van der Waals surface area (Å²) in [7, 11) is 4.49. The van der Waals surface area contributed by atoms with Crippen molar-refractivity contribution in [2.75, 3.05) is 54.1 Å². The molecule has 1 N–H and O–H groups in total. The van der Waals surface area contributed by atoms with Crippen molar-refractivity contribution in [1.29, 1.82) is 0 Å². The fourth-order valence-electron chi connectivity index (χ4n) is 4.41. The summed E-state index contributed by atoms with van der Waals surface area (Å²) in [4.78, 5) is 22.2. The van der Waals surface area contributed by atoms with Crippen LogP contribution in [0.1, 0.15) is 129 Å². The van der Waals surface area contributed by atoms with E-state index < -0.39 is 8.60 Å². The molecule has 0 heterocycles. The van der Waals surface area contributed by atoms with Crippen LogP contribution in [0.25, 0.3) is 0 Å². The number of carbonyl (C=O) groups excluding carboxylic acids is 1. The third-order valence-corrected chi connectivity index (χ3v) is 7.41. The van der Waals surface area contributed by atoms with Crippen molar-refractivity contribution in [3.05, 3.63) is 0 Å². The Morgan fingerprint density at radius 3 is 1.76 bits per heavy atom. The summed E-state index contributed by atoms with van der Waals surface area (Å²) in [5, 5.41) is 0. The molecule has 0 radical (unpaired) electrons. The van der Waals surface area contributed by atoms with Gasteiger partial charge in [0.2, 0.25) is 0 Å². The Morgan fingerprint density at radius 1 is 0.703 bits per heavy atom. The maximum absolute atomic E-state index is 12.2. The maximum Gasteiger partial charge on any atom is 0.329 e. The summed E-state index contributed by atoms with van der Waals surface area (Å²) >= 11 is 0. The molecule has 222 valence electrons. The minimum atomic E-state index is -1.91. The quantitative estimate of drug-likeness (QED) is 0.0580. The molecule has 0 spiro atoms. The van der Waals surface area contributed by atoms with Gasteiger partial charge >= 0.3 is 8.60 Å². The van der Waals surface area contributed by atoms with Crippen LogP contribution in [-0.4, -0.2) is 69.3 Å². The Balaban J connectivity index is 3.83. The SMILES string of the molecule is CCCCCCCCCCCCCCCCOCC(COP(O)OCCC[N+](C)(C)C)CC(=O)CCC. The third kappa shape index (κ3) is 28.7.